The zero-order valence-corrected chi connectivity index (χ0v) is 14.3. The molecule has 0 unspecified atom stereocenters. The van der Waals surface area contributed by atoms with Crippen LogP contribution in [0.4, 0.5) is 0 Å². The van der Waals surface area contributed by atoms with E-state index in [1.54, 1.807) is 0 Å². The summed E-state index contributed by atoms with van der Waals surface area (Å²) >= 11 is 3.54. The molecule has 0 aliphatic carbocycles. The Morgan fingerprint density at radius 2 is 1.76 bits per heavy atom. The lowest BCUT2D eigenvalue weighted by Gasteiger charge is -2.15. The molecule has 0 saturated heterocycles. The molecule has 5 nitrogen and oxygen atoms in total. The van der Waals surface area contributed by atoms with Crippen molar-refractivity contribution in [1.82, 2.24) is 10.6 Å². The lowest BCUT2D eigenvalue weighted by Crippen LogP contribution is -2.28. The van der Waals surface area contributed by atoms with E-state index in [-0.39, 0.29) is 6.61 Å². The number of halogens is 1. The summed E-state index contributed by atoms with van der Waals surface area (Å²) in [6.07, 6.45) is 0. The number of nitrogens with one attached hydrogen (secondary N) is 2. The molecule has 3 N–H and O–H groups in total. The summed E-state index contributed by atoms with van der Waals surface area (Å²) in [7, 11) is 0. The van der Waals surface area contributed by atoms with Crippen LogP contribution in [0.2, 0.25) is 0 Å². The number of hydrogen-bond donors (Lipinski definition) is 3. The van der Waals surface area contributed by atoms with Crippen LogP contribution in [0.1, 0.15) is 19.4 Å². The molecule has 0 aliphatic heterocycles. The number of benzene rings is 1. The molecule has 0 heterocycles. The van der Waals surface area contributed by atoms with Crippen LogP contribution < -0.4 is 20.1 Å². The van der Waals surface area contributed by atoms with Gasteiger partial charge in [0.1, 0.15) is 0 Å². The van der Waals surface area contributed by atoms with Crippen LogP contribution in [0, 0.1) is 0 Å². The second-order valence-electron chi connectivity index (χ2n) is 4.42. The fourth-order valence-electron chi connectivity index (χ4n) is 1.88. The minimum Gasteiger partial charge on any atom is -0.490 e. The van der Waals surface area contributed by atoms with Crippen molar-refractivity contribution in [3.05, 3.63) is 22.2 Å². The normalized spacial score (nSPS) is 10.7. The minimum absolute atomic E-state index is 0.170. The van der Waals surface area contributed by atoms with Gasteiger partial charge in [0.2, 0.25) is 0 Å². The van der Waals surface area contributed by atoms with E-state index >= 15 is 0 Å². The van der Waals surface area contributed by atoms with E-state index in [1.807, 2.05) is 26.0 Å². The molecule has 1 rings (SSSR count). The van der Waals surface area contributed by atoms with Crippen LogP contribution in [-0.4, -0.2) is 44.6 Å². The standard InChI is InChI=1S/C15H25BrN2O3/c1-3-20-14-10-12(9-13(16)15(14)21-4-2)11-18-6-5-17-7-8-19/h9-10,17-19H,3-8,11H2,1-2H3. The largest absolute Gasteiger partial charge is 0.490 e. The maximum Gasteiger partial charge on any atom is 0.175 e. The summed E-state index contributed by atoms with van der Waals surface area (Å²) in [6, 6.07) is 4.05. The average molecular weight is 361 g/mol. The molecule has 0 radical (unpaired) electrons. The molecule has 21 heavy (non-hydrogen) atoms. The fourth-order valence-corrected chi connectivity index (χ4v) is 2.49. The van der Waals surface area contributed by atoms with Crippen molar-refractivity contribution in [2.75, 3.05) is 39.5 Å². The van der Waals surface area contributed by atoms with Crippen LogP contribution in [0.25, 0.3) is 0 Å². The van der Waals surface area contributed by atoms with Gasteiger partial charge in [0, 0.05) is 26.2 Å². The lowest BCUT2D eigenvalue weighted by molar-refractivity contribution is 0.286. The Bertz CT molecular complexity index is 416. The smallest absolute Gasteiger partial charge is 0.175 e. The summed E-state index contributed by atoms with van der Waals surface area (Å²) < 4.78 is 12.2. The monoisotopic (exact) mass is 360 g/mol. The highest BCUT2D eigenvalue weighted by Crippen LogP contribution is 2.36. The van der Waals surface area contributed by atoms with Crippen molar-refractivity contribution in [2.24, 2.45) is 0 Å². The molecule has 120 valence electrons. The first-order valence-corrected chi connectivity index (χ1v) is 8.12. The minimum atomic E-state index is 0.170. The molecule has 0 saturated carbocycles. The van der Waals surface area contributed by atoms with Gasteiger partial charge in [-0.15, -0.1) is 0 Å². The van der Waals surface area contributed by atoms with Crippen molar-refractivity contribution in [3.63, 3.8) is 0 Å². The third kappa shape index (κ3) is 6.65. The molecular formula is C15H25BrN2O3. The highest BCUT2D eigenvalue weighted by molar-refractivity contribution is 9.10. The Hall–Kier alpha value is -0.820. The van der Waals surface area contributed by atoms with Gasteiger partial charge in [0.15, 0.2) is 11.5 Å². The number of aliphatic hydroxyl groups excluding tert-OH is 1. The summed E-state index contributed by atoms with van der Waals surface area (Å²) in [4.78, 5) is 0. The number of rotatable bonds is 11. The Kier molecular flexibility index (Phi) is 9.41. The van der Waals surface area contributed by atoms with Gasteiger partial charge in [-0.05, 0) is 47.5 Å². The van der Waals surface area contributed by atoms with Crippen molar-refractivity contribution >= 4 is 15.9 Å². The van der Waals surface area contributed by atoms with E-state index in [9.17, 15) is 0 Å². The van der Waals surface area contributed by atoms with Gasteiger partial charge in [-0.25, -0.2) is 0 Å². The first kappa shape index (κ1) is 18.2. The maximum atomic E-state index is 8.67. The highest BCUT2D eigenvalue weighted by Gasteiger charge is 2.11. The Morgan fingerprint density at radius 3 is 2.43 bits per heavy atom. The molecular weight excluding hydrogens is 336 g/mol. The van der Waals surface area contributed by atoms with E-state index in [0.717, 1.165) is 41.2 Å². The summed E-state index contributed by atoms with van der Waals surface area (Å²) in [6.45, 7) is 8.35. The fraction of sp³-hybridized carbons (Fsp3) is 0.600. The third-order valence-corrected chi connectivity index (χ3v) is 3.34. The lowest BCUT2D eigenvalue weighted by atomic mass is 10.2. The van der Waals surface area contributed by atoms with Gasteiger partial charge < -0.3 is 25.2 Å². The molecule has 0 aromatic heterocycles. The molecule has 0 spiro atoms. The van der Waals surface area contributed by atoms with Gasteiger partial charge in [-0.1, -0.05) is 0 Å². The quantitative estimate of drug-likeness (QED) is 0.526. The van der Waals surface area contributed by atoms with Gasteiger partial charge in [0.05, 0.1) is 24.3 Å². The zero-order chi connectivity index (χ0) is 15.5. The Morgan fingerprint density at radius 1 is 1.05 bits per heavy atom. The van der Waals surface area contributed by atoms with Crippen LogP contribution >= 0.6 is 15.9 Å². The molecule has 6 heteroatoms. The molecule has 0 aliphatic rings. The van der Waals surface area contributed by atoms with Crippen molar-refractivity contribution < 1.29 is 14.6 Å². The molecule has 0 fully saturated rings. The van der Waals surface area contributed by atoms with Gasteiger partial charge >= 0.3 is 0 Å². The molecule has 0 atom stereocenters. The first-order valence-electron chi connectivity index (χ1n) is 7.33. The highest BCUT2D eigenvalue weighted by atomic mass is 79.9. The van der Waals surface area contributed by atoms with Crippen LogP contribution in [0.15, 0.2) is 16.6 Å². The molecule has 0 bridgehead atoms. The number of aliphatic hydroxyl groups is 1. The molecule has 0 amide bonds. The molecule has 1 aromatic carbocycles. The van der Waals surface area contributed by atoms with Crippen molar-refractivity contribution in [1.29, 1.82) is 0 Å². The second kappa shape index (κ2) is 10.8. The zero-order valence-electron chi connectivity index (χ0n) is 12.7. The predicted octanol–water partition coefficient (Wildman–Crippen LogP) is 1.92. The average Bonchev–Trinajstić information content (AvgIpc) is 2.46. The van der Waals surface area contributed by atoms with Crippen LogP contribution in [0.3, 0.4) is 0 Å². The number of ether oxygens (including phenoxy) is 2. The van der Waals surface area contributed by atoms with E-state index in [4.69, 9.17) is 14.6 Å². The van der Waals surface area contributed by atoms with E-state index in [2.05, 4.69) is 26.6 Å². The second-order valence-corrected chi connectivity index (χ2v) is 5.28. The van der Waals surface area contributed by atoms with Crippen molar-refractivity contribution in [2.45, 2.75) is 20.4 Å². The summed E-state index contributed by atoms with van der Waals surface area (Å²) in [5, 5.41) is 15.1. The summed E-state index contributed by atoms with van der Waals surface area (Å²) in [5.74, 6) is 1.52. The van der Waals surface area contributed by atoms with Gasteiger partial charge in [-0.2, -0.15) is 0 Å². The third-order valence-electron chi connectivity index (χ3n) is 2.75. The molecule has 1 aromatic rings. The van der Waals surface area contributed by atoms with Gasteiger partial charge in [-0.3, -0.25) is 0 Å². The topological polar surface area (TPSA) is 62.8 Å². The summed E-state index contributed by atoms with van der Waals surface area (Å²) in [5.41, 5.74) is 1.14. The maximum absolute atomic E-state index is 8.67. The number of hydrogen-bond acceptors (Lipinski definition) is 5. The van der Waals surface area contributed by atoms with Crippen LogP contribution in [0.5, 0.6) is 11.5 Å². The van der Waals surface area contributed by atoms with E-state index in [0.29, 0.717) is 19.8 Å². The van der Waals surface area contributed by atoms with E-state index in [1.165, 1.54) is 0 Å². The Labute approximate surface area is 135 Å². The van der Waals surface area contributed by atoms with Gasteiger partial charge in [0.25, 0.3) is 0 Å². The van der Waals surface area contributed by atoms with Crippen molar-refractivity contribution in [3.8, 4) is 11.5 Å². The predicted molar refractivity (Wildman–Crippen MR) is 88.1 cm³/mol. The first-order chi connectivity index (χ1) is 10.2. The van der Waals surface area contributed by atoms with E-state index < -0.39 is 0 Å². The Balaban J connectivity index is 2.58. The SMILES string of the molecule is CCOc1cc(CNCCNCCO)cc(Br)c1OCC. The van der Waals surface area contributed by atoms with Crippen LogP contribution in [-0.2, 0) is 6.54 Å².